The lowest BCUT2D eigenvalue weighted by molar-refractivity contribution is -0.114. The van der Waals surface area contributed by atoms with Crippen LogP contribution in [0.3, 0.4) is 0 Å². The number of aliphatic imine (C=N–C) groups is 1. The molecule has 3 rings (SSSR count). The first kappa shape index (κ1) is 21.5. The fraction of sp³-hybridized carbons (Fsp3) is 0.130. The number of hydrogen-bond donors (Lipinski definition) is 3. The van der Waals surface area contributed by atoms with Gasteiger partial charge in [0.2, 0.25) is 11.9 Å². The van der Waals surface area contributed by atoms with Gasteiger partial charge in [-0.3, -0.25) is 19.9 Å². The molecule has 1 aromatic heterocycles. The number of hydrogen-bond acceptors (Lipinski definition) is 5. The number of rotatable bonds is 6. The predicted octanol–water partition coefficient (Wildman–Crippen LogP) is 3.45. The van der Waals surface area contributed by atoms with E-state index in [-0.39, 0.29) is 11.8 Å². The Bertz CT molecular complexity index is 1050. The van der Waals surface area contributed by atoms with E-state index in [0.717, 1.165) is 17.0 Å². The maximum Gasteiger partial charge on any atom is 0.257 e. The molecule has 8 heteroatoms. The molecule has 0 radical (unpaired) electrons. The van der Waals surface area contributed by atoms with Gasteiger partial charge in [-0.25, -0.2) is 4.99 Å². The van der Waals surface area contributed by atoms with Crippen LogP contribution in [0.5, 0.6) is 5.75 Å². The molecular weight excluding hydrogens is 394 g/mol. The molecule has 0 aliphatic heterocycles. The number of carbonyl (C=O) groups excluding carboxylic acids is 2. The van der Waals surface area contributed by atoms with Gasteiger partial charge in [0, 0.05) is 36.3 Å². The van der Waals surface area contributed by atoms with Gasteiger partial charge in [0.05, 0.1) is 13.7 Å². The molecule has 0 unspecified atom stereocenters. The Morgan fingerprint density at radius 3 is 2.13 bits per heavy atom. The lowest BCUT2D eigenvalue weighted by Crippen LogP contribution is -2.36. The first-order chi connectivity index (χ1) is 15.0. The number of nitrogens with one attached hydrogen (secondary N) is 3. The van der Waals surface area contributed by atoms with Crippen molar-refractivity contribution in [3.8, 4) is 5.75 Å². The average molecular weight is 417 g/mol. The number of pyridine rings is 1. The van der Waals surface area contributed by atoms with E-state index in [2.05, 4.69) is 25.9 Å². The van der Waals surface area contributed by atoms with Crippen LogP contribution in [0.25, 0.3) is 0 Å². The van der Waals surface area contributed by atoms with Crippen LogP contribution >= 0.6 is 0 Å². The number of methoxy groups -OCH3 is 1. The van der Waals surface area contributed by atoms with Crippen LogP contribution in [0, 0.1) is 0 Å². The van der Waals surface area contributed by atoms with E-state index in [9.17, 15) is 9.59 Å². The minimum Gasteiger partial charge on any atom is -0.497 e. The molecule has 3 N–H and O–H groups in total. The molecule has 0 atom stereocenters. The fourth-order valence-corrected chi connectivity index (χ4v) is 2.67. The van der Waals surface area contributed by atoms with E-state index in [4.69, 9.17) is 4.74 Å². The quantitative estimate of drug-likeness (QED) is 0.421. The molecule has 31 heavy (non-hydrogen) atoms. The van der Waals surface area contributed by atoms with E-state index in [1.54, 1.807) is 43.8 Å². The number of amides is 2. The van der Waals surface area contributed by atoms with Gasteiger partial charge in [0.1, 0.15) is 5.75 Å². The van der Waals surface area contributed by atoms with Crippen molar-refractivity contribution in [3.05, 3.63) is 84.2 Å². The van der Waals surface area contributed by atoms with Crippen molar-refractivity contribution in [1.82, 2.24) is 10.3 Å². The summed E-state index contributed by atoms with van der Waals surface area (Å²) in [5, 5.41) is 8.61. The zero-order chi connectivity index (χ0) is 22.1. The number of anilines is 2. The number of ether oxygens (including phenoxy) is 1. The molecule has 0 saturated heterocycles. The van der Waals surface area contributed by atoms with Crippen molar-refractivity contribution >= 4 is 29.1 Å². The first-order valence-electron chi connectivity index (χ1n) is 9.57. The Morgan fingerprint density at radius 2 is 1.52 bits per heavy atom. The molecule has 0 aliphatic rings. The molecule has 0 aliphatic carbocycles. The molecule has 0 saturated carbocycles. The van der Waals surface area contributed by atoms with Crippen LogP contribution in [-0.4, -0.2) is 29.9 Å². The third-order valence-electron chi connectivity index (χ3n) is 4.22. The van der Waals surface area contributed by atoms with Gasteiger partial charge in [0.15, 0.2) is 0 Å². The zero-order valence-corrected chi connectivity index (χ0v) is 17.3. The van der Waals surface area contributed by atoms with Crippen LogP contribution in [0.4, 0.5) is 11.4 Å². The average Bonchev–Trinajstić information content (AvgIpc) is 2.78. The van der Waals surface area contributed by atoms with Gasteiger partial charge in [-0.1, -0.05) is 0 Å². The first-order valence-corrected chi connectivity index (χ1v) is 9.57. The summed E-state index contributed by atoms with van der Waals surface area (Å²) in [5.41, 5.74) is 2.75. The maximum atomic E-state index is 12.7. The summed E-state index contributed by atoms with van der Waals surface area (Å²) in [6.07, 6.45) is 3.38. The Balaban J connectivity index is 1.75. The molecular formula is C23H23N5O3. The van der Waals surface area contributed by atoms with Gasteiger partial charge < -0.3 is 15.4 Å². The Labute approximate surface area is 180 Å². The van der Waals surface area contributed by atoms with Crippen LogP contribution in [-0.2, 0) is 11.3 Å². The molecule has 3 aromatic rings. The molecule has 1 heterocycles. The Morgan fingerprint density at radius 1 is 0.903 bits per heavy atom. The molecule has 2 amide bonds. The number of benzene rings is 2. The smallest absolute Gasteiger partial charge is 0.257 e. The second kappa shape index (κ2) is 10.5. The highest BCUT2D eigenvalue weighted by atomic mass is 16.5. The number of carbonyl (C=O) groups is 2. The normalized spacial score (nSPS) is 10.8. The highest BCUT2D eigenvalue weighted by Crippen LogP contribution is 2.15. The minimum absolute atomic E-state index is 0.175. The summed E-state index contributed by atoms with van der Waals surface area (Å²) in [6.45, 7) is 1.79. The summed E-state index contributed by atoms with van der Waals surface area (Å²) in [4.78, 5) is 32.4. The number of guanidine groups is 1. The van der Waals surface area contributed by atoms with Crippen molar-refractivity contribution in [3.63, 3.8) is 0 Å². The molecule has 0 fully saturated rings. The highest BCUT2D eigenvalue weighted by molar-refractivity contribution is 6.10. The molecule has 2 aromatic carbocycles. The third-order valence-corrected chi connectivity index (χ3v) is 4.22. The van der Waals surface area contributed by atoms with Gasteiger partial charge >= 0.3 is 0 Å². The predicted molar refractivity (Wildman–Crippen MR) is 120 cm³/mol. The summed E-state index contributed by atoms with van der Waals surface area (Å²) in [5.74, 6) is 0.525. The van der Waals surface area contributed by atoms with Gasteiger partial charge in [-0.05, 0) is 66.2 Å². The van der Waals surface area contributed by atoms with Crippen LogP contribution in [0.15, 0.2) is 78.0 Å². The Hall–Kier alpha value is -4.20. The molecule has 8 nitrogen and oxygen atoms in total. The van der Waals surface area contributed by atoms with E-state index in [1.807, 2.05) is 36.4 Å². The summed E-state index contributed by atoms with van der Waals surface area (Å²) in [6, 6.07) is 17.6. The topological polar surface area (TPSA) is 105 Å². The minimum atomic E-state index is -0.330. The lowest BCUT2D eigenvalue weighted by atomic mass is 10.2. The largest absolute Gasteiger partial charge is 0.497 e. The fourth-order valence-electron chi connectivity index (χ4n) is 2.67. The third kappa shape index (κ3) is 6.67. The maximum absolute atomic E-state index is 12.7. The van der Waals surface area contributed by atoms with Gasteiger partial charge in [-0.15, -0.1) is 0 Å². The second-order valence-electron chi connectivity index (χ2n) is 6.59. The van der Waals surface area contributed by atoms with E-state index >= 15 is 0 Å². The van der Waals surface area contributed by atoms with Crippen LogP contribution in [0.1, 0.15) is 22.8 Å². The SMILES string of the molecule is COc1ccc(NC(=NCc2ccncc2)NC(=O)c2ccc(NC(C)=O)cc2)cc1. The van der Waals surface area contributed by atoms with Crippen molar-refractivity contribution < 1.29 is 14.3 Å². The van der Waals surface area contributed by atoms with Crippen molar-refractivity contribution in [2.75, 3.05) is 17.7 Å². The monoisotopic (exact) mass is 417 g/mol. The van der Waals surface area contributed by atoms with Gasteiger partial charge in [-0.2, -0.15) is 0 Å². The molecule has 0 spiro atoms. The lowest BCUT2D eigenvalue weighted by Gasteiger charge is -2.13. The van der Waals surface area contributed by atoms with E-state index in [1.165, 1.54) is 6.92 Å². The molecule has 0 bridgehead atoms. The van der Waals surface area contributed by atoms with Crippen molar-refractivity contribution in [2.45, 2.75) is 13.5 Å². The highest BCUT2D eigenvalue weighted by Gasteiger charge is 2.10. The number of aromatic nitrogens is 1. The van der Waals surface area contributed by atoms with Crippen molar-refractivity contribution in [1.29, 1.82) is 0 Å². The summed E-state index contributed by atoms with van der Waals surface area (Å²) >= 11 is 0. The summed E-state index contributed by atoms with van der Waals surface area (Å²) in [7, 11) is 1.60. The second-order valence-corrected chi connectivity index (χ2v) is 6.59. The van der Waals surface area contributed by atoms with Crippen LogP contribution < -0.4 is 20.7 Å². The van der Waals surface area contributed by atoms with Crippen molar-refractivity contribution in [2.24, 2.45) is 4.99 Å². The standard InChI is InChI=1S/C23H23N5O3/c1-16(29)26-19-5-3-18(4-6-19)22(30)28-23(25-15-17-11-13-24-14-12-17)27-20-7-9-21(31-2)10-8-20/h3-14H,15H2,1-2H3,(H,26,29)(H2,25,27,28,30). The van der Waals surface area contributed by atoms with Gasteiger partial charge in [0.25, 0.3) is 5.91 Å². The van der Waals surface area contributed by atoms with E-state index in [0.29, 0.717) is 23.8 Å². The summed E-state index contributed by atoms with van der Waals surface area (Å²) < 4.78 is 5.18. The van der Waals surface area contributed by atoms with E-state index < -0.39 is 0 Å². The Kier molecular flexibility index (Phi) is 7.31. The van der Waals surface area contributed by atoms with Crippen LogP contribution in [0.2, 0.25) is 0 Å². The zero-order valence-electron chi connectivity index (χ0n) is 17.3. The number of nitrogens with zero attached hydrogens (tertiary/aromatic N) is 2. The molecule has 158 valence electrons.